The summed E-state index contributed by atoms with van der Waals surface area (Å²) >= 11 is 0. The number of aryl methyl sites for hydroxylation is 1. The second-order valence-electron chi connectivity index (χ2n) is 7.22. The molecule has 5 nitrogen and oxygen atoms in total. The maximum absolute atomic E-state index is 12.2. The molecule has 23 heavy (non-hydrogen) atoms. The lowest BCUT2D eigenvalue weighted by atomic mass is 9.81. The lowest BCUT2D eigenvalue weighted by molar-refractivity contribution is -0.148. The molecule has 1 aromatic carbocycles. The number of nitrogens with zero attached hydrogens (tertiary/aromatic N) is 1. The zero-order valence-corrected chi connectivity index (χ0v) is 14.0. The number of rotatable bonds is 4. The number of hydrogen-bond acceptors (Lipinski definition) is 3. The zero-order chi connectivity index (χ0) is 17.1. The van der Waals surface area contributed by atoms with Gasteiger partial charge in [0.05, 0.1) is 5.41 Å². The molecular weight excluding hydrogens is 294 g/mol. The van der Waals surface area contributed by atoms with Gasteiger partial charge < -0.3 is 14.7 Å². The summed E-state index contributed by atoms with van der Waals surface area (Å²) in [7, 11) is 0. The van der Waals surface area contributed by atoms with E-state index in [0.29, 0.717) is 25.8 Å². The van der Waals surface area contributed by atoms with Crippen LogP contribution >= 0.6 is 0 Å². The first-order valence-corrected chi connectivity index (χ1v) is 7.97. The van der Waals surface area contributed by atoms with E-state index in [0.717, 1.165) is 5.56 Å². The van der Waals surface area contributed by atoms with E-state index in [4.69, 9.17) is 4.74 Å². The Bertz CT molecular complexity index is 564. The van der Waals surface area contributed by atoms with Crippen molar-refractivity contribution in [3.05, 3.63) is 35.9 Å². The molecule has 1 saturated heterocycles. The number of carboxylic acids is 1. The molecule has 0 aromatic heterocycles. The van der Waals surface area contributed by atoms with Crippen molar-refractivity contribution >= 4 is 12.1 Å². The molecule has 1 amide bonds. The number of ether oxygens (including phenoxy) is 1. The summed E-state index contributed by atoms with van der Waals surface area (Å²) in [4.78, 5) is 25.5. The van der Waals surface area contributed by atoms with Crippen LogP contribution in [0.25, 0.3) is 0 Å². The van der Waals surface area contributed by atoms with Crippen LogP contribution in [0, 0.1) is 5.41 Å². The molecule has 1 atom stereocenters. The normalized spacial score (nSPS) is 21.3. The third-order valence-corrected chi connectivity index (χ3v) is 4.19. The smallest absolute Gasteiger partial charge is 0.410 e. The molecule has 1 heterocycles. The van der Waals surface area contributed by atoms with Crippen LogP contribution in [0.5, 0.6) is 0 Å². The maximum atomic E-state index is 12.2. The molecule has 2 rings (SSSR count). The van der Waals surface area contributed by atoms with Gasteiger partial charge in [0.15, 0.2) is 0 Å². The SMILES string of the molecule is CC(C)(C)OC(=O)N1CCC(CCc2ccccc2)(C(=O)O)C1. The van der Waals surface area contributed by atoms with Crippen LogP contribution < -0.4 is 0 Å². The number of benzene rings is 1. The van der Waals surface area contributed by atoms with Crippen LogP contribution in [0.2, 0.25) is 0 Å². The highest BCUT2D eigenvalue weighted by molar-refractivity contribution is 5.78. The van der Waals surface area contributed by atoms with E-state index < -0.39 is 23.1 Å². The largest absolute Gasteiger partial charge is 0.481 e. The molecule has 0 saturated carbocycles. The molecule has 1 fully saturated rings. The Kier molecular flexibility index (Phi) is 4.97. The van der Waals surface area contributed by atoms with Crippen LogP contribution in [0.15, 0.2) is 30.3 Å². The summed E-state index contributed by atoms with van der Waals surface area (Å²) in [6.07, 6.45) is 1.25. The van der Waals surface area contributed by atoms with E-state index in [2.05, 4.69) is 0 Å². The van der Waals surface area contributed by atoms with E-state index in [1.807, 2.05) is 30.3 Å². The number of hydrogen-bond donors (Lipinski definition) is 1. The monoisotopic (exact) mass is 319 g/mol. The average Bonchev–Trinajstić information content (AvgIpc) is 2.90. The molecule has 0 aliphatic carbocycles. The highest BCUT2D eigenvalue weighted by atomic mass is 16.6. The molecule has 1 unspecified atom stereocenters. The Morgan fingerprint density at radius 3 is 2.48 bits per heavy atom. The summed E-state index contributed by atoms with van der Waals surface area (Å²) in [5, 5.41) is 9.70. The van der Waals surface area contributed by atoms with Gasteiger partial charge in [-0.3, -0.25) is 4.79 Å². The van der Waals surface area contributed by atoms with Crippen molar-refractivity contribution in [1.82, 2.24) is 4.90 Å². The number of carbonyl (C=O) groups is 2. The second kappa shape index (κ2) is 6.60. The van der Waals surface area contributed by atoms with Crippen molar-refractivity contribution in [2.75, 3.05) is 13.1 Å². The van der Waals surface area contributed by atoms with Crippen LogP contribution in [0.4, 0.5) is 4.79 Å². The molecule has 0 spiro atoms. The van der Waals surface area contributed by atoms with Gasteiger partial charge >= 0.3 is 12.1 Å². The molecule has 1 N–H and O–H groups in total. The maximum Gasteiger partial charge on any atom is 0.410 e. The van der Waals surface area contributed by atoms with Crippen molar-refractivity contribution in [3.8, 4) is 0 Å². The van der Waals surface area contributed by atoms with Crippen molar-refractivity contribution < 1.29 is 19.4 Å². The van der Waals surface area contributed by atoms with Crippen LogP contribution in [0.3, 0.4) is 0 Å². The Morgan fingerprint density at radius 1 is 1.26 bits per heavy atom. The summed E-state index contributed by atoms with van der Waals surface area (Å²) in [6.45, 7) is 6.06. The topological polar surface area (TPSA) is 66.8 Å². The number of amides is 1. The fourth-order valence-electron chi connectivity index (χ4n) is 2.87. The van der Waals surface area contributed by atoms with E-state index in [1.165, 1.54) is 4.90 Å². The van der Waals surface area contributed by atoms with Gasteiger partial charge in [0.25, 0.3) is 0 Å². The standard InChI is InChI=1S/C18H25NO4/c1-17(2,3)23-16(22)19-12-11-18(13-19,15(20)21)10-9-14-7-5-4-6-8-14/h4-8H,9-13H2,1-3H3,(H,20,21). The fourth-order valence-corrected chi connectivity index (χ4v) is 2.87. The Hall–Kier alpha value is -2.04. The van der Waals surface area contributed by atoms with Gasteiger partial charge in [-0.2, -0.15) is 0 Å². The minimum Gasteiger partial charge on any atom is -0.481 e. The Labute approximate surface area is 137 Å². The second-order valence-corrected chi connectivity index (χ2v) is 7.22. The third kappa shape index (κ3) is 4.47. The summed E-state index contributed by atoms with van der Waals surface area (Å²) in [6, 6.07) is 9.83. The number of aliphatic carboxylic acids is 1. The predicted molar refractivity (Wildman–Crippen MR) is 87.3 cm³/mol. The molecule has 5 heteroatoms. The predicted octanol–water partition coefficient (Wildman–Crippen LogP) is 3.33. The lowest BCUT2D eigenvalue weighted by Gasteiger charge is -2.27. The molecule has 0 radical (unpaired) electrons. The highest BCUT2D eigenvalue weighted by Gasteiger charge is 2.46. The summed E-state index contributed by atoms with van der Waals surface area (Å²) < 4.78 is 5.35. The molecule has 1 aromatic rings. The van der Waals surface area contributed by atoms with Gasteiger partial charge in [-0.15, -0.1) is 0 Å². The number of likely N-dealkylation sites (tertiary alicyclic amines) is 1. The van der Waals surface area contributed by atoms with Crippen molar-refractivity contribution in [2.24, 2.45) is 5.41 Å². The van der Waals surface area contributed by atoms with Gasteiger partial charge in [0.1, 0.15) is 5.60 Å². The quantitative estimate of drug-likeness (QED) is 0.924. The Morgan fingerprint density at radius 2 is 1.91 bits per heavy atom. The number of carboxylic acid groups (broad SMARTS) is 1. The van der Waals surface area contributed by atoms with E-state index in [-0.39, 0.29) is 6.54 Å². The molecule has 0 bridgehead atoms. The minimum atomic E-state index is -0.882. The van der Waals surface area contributed by atoms with Gasteiger partial charge in [0, 0.05) is 13.1 Å². The molecular formula is C18H25NO4. The van der Waals surface area contributed by atoms with Crippen LogP contribution in [0.1, 0.15) is 39.2 Å². The van der Waals surface area contributed by atoms with Crippen molar-refractivity contribution in [1.29, 1.82) is 0 Å². The van der Waals surface area contributed by atoms with E-state index in [9.17, 15) is 14.7 Å². The van der Waals surface area contributed by atoms with Crippen molar-refractivity contribution in [2.45, 2.75) is 45.6 Å². The van der Waals surface area contributed by atoms with E-state index >= 15 is 0 Å². The van der Waals surface area contributed by atoms with Gasteiger partial charge in [-0.1, -0.05) is 30.3 Å². The number of carbonyl (C=O) groups excluding carboxylic acids is 1. The third-order valence-electron chi connectivity index (χ3n) is 4.19. The van der Waals surface area contributed by atoms with E-state index in [1.54, 1.807) is 20.8 Å². The van der Waals surface area contributed by atoms with Crippen molar-refractivity contribution in [3.63, 3.8) is 0 Å². The van der Waals surface area contributed by atoms with Crippen LogP contribution in [-0.4, -0.2) is 40.8 Å². The van der Waals surface area contributed by atoms with Gasteiger partial charge in [0.2, 0.25) is 0 Å². The summed E-state index contributed by atoms with van der Waals surface area (Å²) in [5.74, 6) is -0.834. The fraction of sp³-hybridized carbons (Fsp3) is 0.556. The Balaban J connectivity index is 2.02. The first-order chi connectivity index (χ1) is 10.7. The average molecular weight is 319 g/mol. The molecule has 1 aliphatic rings. The minimum absolute atomic E-state index is 0.212. The van der Waals surface area contributed by atoms with Crippen LogP contribution in [-0.2, 0) is 16.0 Å². The first-order valence-electron chi connectivity index (χ1n) is 7.97. The zero-order valence-electron chi connectivity index (χ0n) is 14.0. The highest BCUT2D eigenvalue weighted by Crippen LogP contribution is 2.36. The molecule has 126 valence electrons. The van der Waals surface area contributed by atoms with Gasteiger partial charge in [-0.25, -0.2) is 4.79 Å². The van der Waals surface area contributed by atoms with Gasteiger partial charge in [-0.05, 0) is 45.6 Å². The first kappa shape index (κ1) is 17.3. The lowest BCUT2D eigenvalue weighted by Crippen LogP contribution is -2.39. The summed E-state index contributed by atoms with van der Waals surface area (Å²) in [5.41, 5.74) is -0.341. The molecule has 1 aliphatic heterocycles.